The fourth-order valence-electron chi connectivity index (χ4n) is 3.93. The Bertz CT molecular complexity index is 716. The smallest absolute Gasteiger partial charge is 0.279 e. The van der Waals surface area contributed by atoms with E-state index >= 15 is 0 Å². The number of anilines is 1. The number of aryl methyl sites for hydroxylation is 2. The minimum atomic E-state index is 0.122. The van der Waals surface area contributed by atoms with Gasteiger partial charge in [0.15, 0.2) is 6.54 Å². The lowest BCUT2D eigenvalue weighted by Gasteiger charge is -2.33. The Kier molecular flexibility index (Phi) is 6.07. The highest BCUT2D eigenvalue weighted by molar-refractivity contribution is 5.93. The van der Waals surface area contributed by atoms with Crippen LogP contribution in [0.1, 0.15) is 29.7 Å². The van der Waals surface area contributed by atoms with E-state index in [4.69, 9.17) is 0 Å². The fraction of sp³-hybridized carbons (Fsp3) is 0.409. The molecule has 0 unspecified atom stereocenters. The number of rotatable bonds is 5. The van der Waals surface area contributed by atoms with Crippen molar-refractivity contribution in [3.8, 4) is 0 Å². The van der Waals surface area contributed by atoms with Crippen LogP contribution in [0.15, 0.2) is 48.5 Å². The molecule has 0 aliphatic carbocycles. The van der Waals surface area contributed by atoms with Gasteiger partial charge >= 0.3 is 0 Å². The Hall–Kier alpha value is -2.17. The number of amides is 1. The minimum Gasteiger partial charge on any atom is -0.321 e. The number of quaternary nitrogens is 2. The van der Waals surface area contributed by atoms with Crippen LogP contribution in [-0.4, -0.2) is 38.6 Å². The van der Waals surface area contributed by atoms with Crippen molar-refractivity contribution in [1.29, 1.82) is 0 Å². The van der Waals surface area contributed by atoms with Gasteiger partial charge in [-0.05, 0) is 31.9 Å². The molecule has 1 atom stereocenters. The van der Waals surface area contributed by atoms with Crippen molar-refractivity contribution in [2.45, 2.75) is 26.8 Å². The molecule has 1 saturated heterocycles. The summed E-state index contributed by atoms with van der Waals surface area (Å²) in [5.41, 5.74) is 4.62. The lowest BCUT2D eigenvalue weighted by atomic mass is 10.1. The maximum Gasteiger partial charge on any atom is 0.279 e. The van der Waals surface area contributed by atoms with Gasteiger partial charge in [-0.2, -0.15) is 0 Å². The van der Waals surface area contributed by atoms with E-state index in [0.717, 1.165) is 43.0 Å². The first-order valence-corrected chi connectivity index (χ1v) is 9.63. The van der Waals surface area contributed by atoms with E-state index in [1.54, 1.807) is 4.90 Å². The normalized spacial score (nSPS) is 21.2. The largest absolute Gasteiger partial charge is 0.321 e. The van der Waals surface area contributed by atoms with Crippen LogP contribution in [0.3, 0.4) is 0 Å². The topological polar surface area (TPSA) is 38.0 Å². The molecule has 4 heteroatoms. The minimum absolute atomic E-state index is 0.122. The molecule has 3 N–H and O–H groups in total. The molecule has 2 aromatic rings. The first-order chi connectivity index (χ1) is 12.5. The highest BCUT2D eigenvalue weighted by Gasteiger charge is 2.28. The molecule has 4 nitrogen and oxygen atoms in total. The predicted octanol–water partition coefficient (Wildman–Crippen LogP) is 0.787. The zero-order valence-corrected chi connectivity index (χ0v) is 16.1. The molecule has 0 bridgehead atoms. The van der Waals surface area contributed by atoms with Crippen LogP contribution in [0, 0.1) is 13.8 Å². The molecule has 26 heavy (non-hydrogen) atoms. The molecule has 1 heterocycles. The number of carbonyl (C=O) groups is 1. The number of hydrogen-bond donors (Lipinski definition) is 3. The summed E-state index contributed by atoms with van der Waals surface area (Å²) < 4.78 is 0. The van der Waals surface area contributed by atoms with Gasteiger partial charge in [0.25, 0.3) is 5.91 Å². The Morgan fingerprint density at radius 3 is 2.19 bits per heavy atom. The molecule has 1 amide bonds. The van der Waals surface area contributed by atoms with Crippen LogP contribution in [0.25, 0.3) is 0 Å². The molecule has 1 fully saturated rings. The first kappa shape index (κ1) is 18.6. The SMILES string of the molecule is Cc1cccc(C)c1NC(=O)C[NH+]1CC[NH+]([C@@H](C)c2ccccc2)CC1. The Morgan fingerprint density at radius 1 is 0.962 bits per heavy atom. The quantitative estimate of drug-likeness (QED) is 0.730. The van der Waals surface area contributed by atoms with Crippen molar-refractivity contribution in [2.24, 2.45) is 0 Å². The Balaban J connectivity index is 1.50. The zero-order valence-electron chi connectivity index (χ0n) is 16.1. The summed E-state index contributed by atoms with van der Waals surface area (Å²) >= 11 is 0. The molecule has 0 spiro atoms. The van der Waals surface area contributed by atoms with Gasteiger partial charge in [0.05, 0.1) is 0 Å². The second-order valence-electron chi connectivity index (χ2n) is 7.53. The van der Waals surface area contributed by atoms with E-state index in [9.17, 15) is 4.79 Å². The summed E-state index contributed by atoms with van der Waals surface area (Å²) in [6.45, 7) is 11.3. The number of hydrogen-bond acceptors (Lipinski definition) is 1. The van der Waals surface area contributed by atoms with Gasteiger partial charge in [0.2, 0.25) is 0 Å². The molecule has 1 aliphatic rings. The monoisotopic (exact) mass is 353 g/mol. The van der Waals surface area contributed by atoms with Gasteiger partial charge in [0, 0.05) is 11.3 Å². The van der Waals surface area contributed by atoms with E-state index in [0.29, 0.717) is 12.6 Å². The van der Waals surface area contributed by atoms with Crippen LogP contribution in [-0.2, 0) is 4.79 Å². The molecule has 3 rings (SSSR count). The third kappa shape index (κ3) is 4.51. The van der Waals surface area contributed by atoms with E-state index in [2.05, 4.69) is 42.6 Å². The summed E-state index contributed by atoms with van der Waals surface area (Å²) in [7, 11) is 0. The second-order valence-corrected chi connectivity index (χ2v) is 7.53. The van der Waals surface area contributed by atoms with Gasteiger partial charge in [0.1, 0.15) is 32.2 Å². The van der Waals surface area contributed by atoms with Crippen molar-refractivity contribution in [2.75, 3.05) is 38.0 Å². The summed E-state index contributed by atoms with van der Waals surface area (Å²) in [6, 6.07) is 17.4. The molecule has 0 saturated carbocycles. The number of benzene rings is 2. The number of piperazine rings is 1. The average molecular weight is 354 g/mol. The van der Waals surface area contributed by atoms with Gasteiger partial charge < -0.3 is 15.1 Å². The van der Waals surface area contributed by atoms with Crippen LogP contribution >= 0.6 is 0 Å². The van der Waals surface area contributed by atoms with Gasteiger partial charge in [-0.25, -0.2) is 0 Å². The van der Waals surface area contributed by atoms with E-state index in [-0.39, 0.29) is 5.91 Å². The number of nitrogens with one attached hydrogen (secondary N) is 3. The van der Waals surface area contributed by atoms with E-state index in [1.165, 1.54) is 10.5 Å². The van der Waals surface area contributed by atoms with Gasteiger partial charge in [-0.15, -0.1) is 0 Å². The average Bonchev–Trinajstić information content (AvgIpc) is 2.66. The van der Waals surface area contributed by atoms with Crippen molar-refractivity contribution in [3.63, 3.8) is 0 Å². The molecule has 0 aromatic heterocycles. The van der Waals surface area contributed by atoms with Crippen molar-refractivity contribution < 1.29 is 14.6 Å². The maximum absolute atomic E-state index is 12.5. The molecule has 2 aromatic carbocycles. The number of para-hydroxylation sites is 1. The third-order valence-corrected chi connectivity index (χ3v) is 5.67. The van der Waals surface area contributed by atoms with Crippen molar-refractivity contribution >= 4 is 11.6 Å². The predicted molar refractivity (Wildman–Crippen MR) is 106 cm³/mol. The summed E-state index contributed by atoms with van der Waals surface area (Å²) in [5, 5.41) is 3.12. The van der Waals surface area contributed by atoms with Crippen LogP contribution in [0.5, 0.6) is 0 Å². The van der Waals surface area contributed by atoms with Crippen LogP contribution < -0.4 is 15.1 Å². The number of carbonyl (C=O) groups excluding carboxylic acids is 1. The summed E-state index contributed by atoms with van der Waals surface area (Å²) in [4.78, 5) is 15.5. The molecule has 1 aliphatic heterocycles. The lowest BCUT2D eigenvalue weighted by molar-refractivity contribution is -1.02. The molecule has 0 radical (unpaired) electrons. The van der Waals surface area contributed by atoms with E-state index < -0.39 is 0 Å². The highest BCUT2D eigenvalue weighted by atomic mass is 16.2. The molecule has 138 valence electrons. The third-order valence-electron chi connectivity index (χ3n) is 5.67. The zero-order chi connectivity index (χ0) is 18.5. The second kappa shape index (κ2) is 8.47. The van der Waals surface area contributed by atoms with Gasteiger partial charge in [-0.1, -0.05) is 48.5 Å². The summed E-state index contributed by atoms with van der Waals surface area (Å²) in [5.74, 6) is 0.122. The summed E-state index contributed by atoms with van der Waals surface area (Å²) in [6.07, 6.45) is 0. The van der Waals surface area contributed by atoms with Crippen molar-refractivity contribution in [1.82, 2.24) is 0 Å². The molecular weight excluding hydrogens is 322 g/mol. The first-order valence-electron chi connectivity index (χ1n) is 9.63. The lowest BCUT2D eigenvalue weighted by Crippen LogP contribution is -3.28. The fourth-order valence-corrected chi connectivity index (χ4v) is 3.93. The van der Waals surface area contributed by atoms with Crippen LogP contribution in [0.4, 0.5) is 5.69 Å². The molecular formula is C22H31N3O+2. The van der Waals surface area contributed by atoms with Crippen molar-refractivity contribution in [3.05, 3.63) is 65.2 Å². The maximum atomic E-state index is 12.5. The highest BCUT2D eigenvalue weighted by Crippen LogP contribution is 2.18. The van der Waals surface area contributed by atoms with E-state index in [1.807, 2.05) is 32.0 Å². The standard InChI is InChI=1S/C22H29N3O/c1-17-8-7-9-18(2)22(17)23-21(26)16-24-12-14-25(15-13-24)19(3)20-10-5-4-6-11-20/h4-11,19H,12-16H2,1-3H3,(H,23,26)/p+2/t19-/m0/s1. The van der Waals surface area contributed by atoms with Crippen LogP contribution in [0.2, 0.25) is 0 Å². The Labute approximate surface area is 156 Å². The van der Waals surface area contributed by atoms with Gasteiger partial charge in [-0.3, -0.25) is 4.79 Å². The Morgan fingerprint density at radius 2 is 1.58 bits per heavy atom.